The van der Waals surface area contributed by atoms with Crippen LogP contribution in [0.4, 0.5) is 0 Å². The normalized spacial score (nSPS) is 15.5. The second-order valence-electron chi connectivity index (χ2n) is 5.15. The van der Waals surface area contributed by atoms with Crippen LogP contribution in [0.25, 0.3) is 0 Å². The van der Waals surface area contributed by atoms with Gasteiger partial charge in [0.05, 0.1) is 44.7 Å². The summed E-state index contributed by atoms with van der Waals surface area (Å²) in [6.07, 6.45) is 1.52. The molecule has 0 aliphatic carbocycles. The molecule has 0 atom stereocenters. The maximum atomic E-state index is 11.9. The van der Waals surface area contributed by atoms with Gasteiger partial charge in [-0.05, 0) is 24.6 Å². The quantitative estimate of drug-likeness (QED) is 0.593. The fraction of sp³-hybridized carbons (Fsp3) is 0.500. The first-order valence-corrected chi connectivity index (χ1v) is 8.14. The Kier molecular flexibility index (Phi) is 7.30. The van der Waals surface area contributed by atoms with Gasteiger partial charge >= 0.3 is 0 Å². The Morgan fingerprint density at radius 2 is 2.21 bits per heavy atom. The first-order chi connectivity index (χ1) is 11.6. The molecule has 1 fully saturated rings. The van der Waals surface area contributed by atoms with E-state index in [1.807, 2.05) is 11.8 Å². The molecular formula is C16H22ClN3O4. The number of carbonyl (C=O) groups is 1. The van der Waals surface area contributed by atoms with Crippen LogP contribution in [0.2, 0.25) is 5.02 Å². The molecule has 7 nitrogen and oxygen atoms in total. The van der Waals surface area contributed by atoms with Gasteiger partial charge < -0.3 is 14.2 Å². The predicted octanol–water partition coefficient (Wildman–Crippen LogP) is 1.53. The summed E-state index contributed by atoms with van der Waals surface area (Å²) in [6.45, 7) is 5.47. The van der Waals surface area contributed by atoms with Crippen LogP contribution < -0.4 is 14.9 Å². The number of benzene rings is 1. The highest BCUT2D eigenvalue weighted by atomic mass is 35.5. The van der Waals surface area contributed by atoms with Gasteiger partial charge in [-0.3, -0.25) is 9.69 Å². The summed E-state index contributed by atoms with van der Waals surface area (Å²) in [7, 11) is 1.54. The van der Waals surface area contributed by atoms with E-state index in [1.54, 1.807) is 19.2 Å². The summed E-state index contributed by atoms with van der Waals surface area (Å²) in [6, 6.07) is 3.45. The maximum absolute atomic E-state index is 11.9. The van der Waals surface area contributed by atoms with Crippen molar-refractivity contribution in [1.82, 2.24) is 10.3 Å². The molecule has 1 aromatic rings. The molecule has 0 bridgehead atoms. The zero-order chi connectivity index (χ0) is 17.4. The lowest BCUT2D eigenvalue weighted by Crippen LogP contribution is -2.42. The fourth-order valence-electron chi connectivity index (χ4n) is 2.28. The van der Waals surface area contributed by atoms with Crippen molar-refractivity contribution in [3.8, 4) is 11.5 Å². The third-order valence-corrected chi connectivity index (χ3v) is 3.69. The molecule has 1 heterocycles. The Balaban J connectivity index is 1.93. The molecule has 2 rings (SSSR count). The Labute approximate surface area is 146 Å². The van der Waals surface area contributed by atoms with Crippen molar-refractivity contribution in [1.29, 1.82) is 0 Å². The SMILES string of the molecule is CCOc1c(Cl)cc(/C=N/NC(=O)CN2CCOCC2)cc1OC. The Morgan fingerprint density at radius 1 is 1.46 bits per heavy atom. The largest absolute Gasteiger partial charge is 0.493 e. The second-order valence-corrected chi connectivity index (χ2v) is 5.56. The number of rotatable bonds is 7. The average molecular weight is 356 g/mol. The lowest BCUT2D eigenvalue weighted by Gasteiger charge is -2.25. The molecule has 1 saturated heterocycles. The van der Waals surface area contributed by atoms with E-state index in [-0.39, 0.29) is 5.91 Å². The van der Waals surface area contributed by atoms with Gasteiger partial charge in [0.25, 0.3) is 5.91 Å². The summed E-state index contributed by atoms with van der Waals surface area (Å²) < 4.78 is 16.0. The highest BCUT2D eigenvalue weighted by Crippen LogP contribution is 2.35. The molecule has 0 saturated carbocycles. The number of methoxy groups -OCH3 is 1. The van der Waals surface area contributed by atoms with Gasteiger partial charge in [0.2, 0.25) is 0 Å². The minimum absolute atomic E-state index is 0.169. The number of hydrazone groups is 1. The van der Waals surface area contributed by atoms with Crippen molar-refractivity contribution in [3.05, 3.63) is 22.7 Å². The number of nitrogens with one attached hydrogen (secondary N) is 1. The zero-order valence-corrected chi connectivity index (χ0v) is 14.6. The van der Waals surface area contributed by atoms with Crippen molar-refractivity contribution < 1.29 is 19.0 Å². The monoisotopic (exact) mass is 355 g/mol. The van der Waals surface area contributed by atoms with Crippen LogP contribution in [0.3, 0.4) is 0 Å². The molecule has 8 heteroatoms. The summed E-state index contributed by atoms with van der Waals surface area (Å²) in [5, 5.41) is 4.39. The first-order valence-electron chi connectivity index (χ1n) is 7.76. The first kappa shape index (κ1) is 18.5. The number of morpholine rings is 1. The van der Waals surface area contributed by atoms with Gasteiger partial charge in [0.1, 0.15) is 0 Å². The summed E-state index contributed by atoms with van der Waals surface area (Å²) in [5.74, 6) is 0.845. The van der Waals surface area contributed by atoms with E-state index in [2.05, 4.69) is 10.5 Å². The highest BCUT2D eigenvalue weighted by Gasteiger charge is 2.14. The third-order valence-electron chi connectivity index (χ3n) is 3.41. The van der Waals surface area contributed by atoms with E-state index in [4.69, 9.17) is 25.8 Å². The van der Waals surface area contributed by atoms with E-state index in [1.165, 1.54) is 6.21 Å². The van der Waals surface area contributed by atoms with Gasteiger partial charge in [-0.15, -0.1) is 0 Å². The molecule has 1 aliphatic heterocycles. The molecular weight excluding hydrogens is 334 g/mol. The number of ether oxygens (including phenoxy) is 3. The minimum Gasteiger partial charge on any atom is -0.493 e. The minimum atomic E-state index is -0.169. The van der Waals surface area contributed by atoms with Crippen molar-refractivity contribution in [2.45, 2.75) is 6.92 Å². The van der Waals surface area contributed by atoms with Gasteiger partial charge in [-0.25, -0.2) is 5.43 Å². The molecule has 1 aliphatic rings. The van der Waals surface area contributed by atoms with Crippen LogP contribution in [-0.4, -0.2) is 63.6 Å². The molecule has 1 aromatic carbocycles. The van der Waals surface area contributed by atoms with E-state index >= 15 is 0 Å². The zero-order valence-electron chi connectivity index (χ0n) is 13.9. The third kappa shape index (κ3) is 5.36. The standard InChI is InChI=1S/C16H22ClN3O4/c1-3-24-16-13(17)8-12(9-14(16)22-2)10-18-19-15(21)11-20-4-6-23-7-5-20/h8-10H,3-7,11H2,1-2H3,(H,19,21)/b18-10+. The molecule has 24 heavy (non-hydrogen) atoms. The van der Waals surface area contributed by atoms with Crippen molar-refractivity contribution >= 4 is 23.7 Å². The van der Waals surface area contributed by atoms with E-state index in [9.17, 15) is 4.79 Å². The van der Waals surface area contributed by atoms with Gasteiger partial charge in [0.15, 0.2) is 11.5 Å². The van der Waals surface area contributed by atoms with Crippen LogP contribution >= 0.6 is 11.6 Å². The van der Waals surface area contributed by atoms with Gasteiger partial charge in [0, 0.05) is 13.1 Å². The molecule has 0 radical (unpaired) electrons. The molecule has 0 spiro atoms. The highest BCUT2D eigenvalue weighted by molar-refractivity contribution is 6.32. The van der Waals surface area contributed by atoms with E-state index in [0.29, 0.717) is 48.5 Å². The topological polar surface area (TPSA) is 72.4 Å². The maximum Gasteiger partial charge on any atom is 0.254 e. The van der Waals surface area contributed by atoms with E-state index in [0.717, 1.165) is 13.1 Å². The number of hydrogen-bond acceptors (Lipinski definition) is 6. The summed E-state index contributed by atoms with van der Waals surface area (Å²) >= 11 is 6.19. The summed E-state index contributed by atoms with van der Waals surface area (Å²) in [5.41, 5.74) is 3.21. The number of nitrogens with zero attached hydrogens (tertiary/aromatic N) is 2. The Bertz CT molecular complexity index is 589. The van der Waals surface area contributed by atoms with Crippen molar-refractivity contribution in [2.75, 3.05) is 46.6 Å². The number of amides is 1. The van der Waals surface area contributed by atoms with Crippen LogP contribution in [0, 0.1) is 0 Å². The predicted molar refractivity (Wildman–Crippen MR) is 92.2 cm³/mol. The Hall–Kier alpha value is -1.83. The lowest BCUT2D eigenvalue weighted by molar-refractivity contribution is -0.123. The molecule has 1 amide bonds. The van der Waals surface area contributed by atoms with Crippen LogP contribution in [-0.2, 0) is 9.53 Å². The average Bonchev–Trinajstić information content (AvgIpc) is 2.58. The van der Waals surface area contributed by atoms with Crippen LogP contribution in [0.1, 0.15) is 12.5 Å². The molecule has 1 N–H and O–H groups in total. The second kappa shape index (κ2) is 9.46. The number of halogens is 1. The van der Waals surface area contributed by atoms with Crippen LogP contribution in [0.15, 0.2) is 17.2 Å². The van der Waals surface area contributed by atoms with E-state index < -0.39 is 0 Å². The van der Waals surface area contributed by atoms with Gasteiger partial charge in [-0.1, -0.05) is 11.6 Å². The Morgan fingerprint density at radius 3 is 2.88 bits per heavy atom. The fourth-order valence-corrected chi connectivity index (χ4v) is 2.55. The lowest BCUT2D eigenvalue weighted by atomic mass is 10.2. The number of hydrogen-bond donors (Lipinski definition) is 1. The summed E-state index contributed by atoms with van der Waals surface area (Å²) in [4.78, 5) is 13.9. The molecule has 0 unspecified atom stereocenters. The van der Waals surface area contributed by atoms with Gasteiger partial charge in [-0.2, -0.15) is 5.10 Å². The van der Waals surface area contributed by atoms with Crippen LogP contribution in [0.5, 0.6) is 11.5 Å². The molecule has 132 valence electrons. The smallest absolute Gasteiger partial charge is 0.254 e. The number of carbonyl (C=O) groups excluding carboxylic acids is 1. The molecule has 0 aromatic heterocycles. The van der Waals surface area contributed by atoms with Crippen molar-refractivity contribution in [3.63, 3.8) is 0 Å². The van der Waals surface area contributed by atoms with Crippen molar-refractivity contribution in [2.24, 2.45) is 5.10 Å².